The Labute approximate surface area is 120 Å². The maximum atomic E-state index is 12.7. The van der Waals surface area contributed by atoms with E-state index in [2.05, 4.69) is 23.5 Å². The first-order valence-corrected chi connectivity index (χ1v) is 7.44. The summed E-state index contributed by atoms with van der Waals surface area (Å²) in [6.45, 7) is 5.09. The predicted molar refractivity (Wildman–Crippen MR) is 77.4 cm³/mol. The normalized spacial score (nSPS) is 26.8. The molecule has 0 spiro atoms. The first-order valence-electron chi connectivity index (χ1n) is 7.44. The standard InChI is InChI=1S/C16H22N2O2/c1-12-11-18(7-4-8-20-12)16(19)15-9-13-5-2-3-6-14(13)10-17-15/h2-3,5-6,12,15,17H,4,7-11H2,1H3. The number of carbonyl (C=O) groups is 1. The highest BCUT2D eigenvalue weighted by molar-refractivity contribution is 5.82. The van der Waals surface area contributed by atoms with E-state index in [1.165, 1.54) is 11.1 Å². The lowest BCUT2D eigenvalue weighted by Crippen LogP contribution is -2.50. The van der Waals surface area contributed by atoms with Crippen LogP contribution >= 0.6 is 0 Å². The quantitative estimate of drug-likeness (QED) is 0.840. The fourth-order valence-electron chi connectivity index (χ4n) is 3.04. The lowest BCUT2D eigenvalue weighted by Gasteiger charge is -2.31. The van der Waals surface area contributed by atoms with Crippen LogP contribution in [0.25, 0.3) is 0 Å². The van der Waals surface area contributed by atoms with Crippen molar-refractivity contribution in [3.8, 4) is 0 Å². The van der Waals surface area contributed by atoms with Gasteiger partial charge in [0.2, 0.25) is 5.91 Å². The summed E-state index contributed by atoms with van der Waals surface area (Å²) in [4.78, 5) is 14.6. The second-order valence-electron chi connectivity index (χ2n) is 5.73. The average Bonchev–Trinajstić information content (AvgIpc) is 2.70. The molecule has 20 heavy (non-hydrogen) atoms. The molecule has 2 atom stereocenters. The van der Waals surface area contributed by atoms with Crippen LogP contribution < -0.4 is 5.32 Å². The molecule has 1 aromatic carbocycles. The lowest BCUT2D eigenvalue weighted by atomic mass is 9.95. The van der Waals surface area contributed by atoms with E-state index in [4.69, 9.17) is 4.74 Å². The summed E-state index contributed by atoms with van der Waals surface area (Å²) in [7, 11) is 0. The Morgan fingerprint density at radius 3 is 3.00 bits per heavy atom. The predicted octanol–water partition coefficient (Wildman–Crippen LogP) is 1.34. The molecular formula is C16H22N2O2. The van der Waals surface area contributed by atoms with Crippen LogP contribution in [0.1, 0.15) is 24.5 Å². The Hall–Kier alpha value is -1.39. The third kappa shape index (κ3) is 2.86. The summed E-state index contributed by atoms with van der Waals surface area (Å²) in [5.74, 6) is 0.219. The van der Waals surface area contributed by atoms with Crippen LogP contribution in [-0.4, -0.2) is 42.6 Å². The fraction of sp³-hybridized carbons (Fsp3) is 0.562. The molecule has 2 unspecified atom stereocenters. The van der Waals surface area contributed by atoms with Gasteiger partial charge in [-0.05, 0) is 30.9 Å². The number of nitrogens with zero attached hydrogens (tertiary/aromatic N) is 1. The van der Waals surface area contributed by atoms with Crippen molar-refractivity contribution < 1.29 is 9.53 Å². The number of carbonyl (C=O) groups excluding carboxylic acids is 1. The largest absolute Gasteiger partial charge is 0.377 e. The van der Waals surface area contributed by atoms with Crippen LogP contribution in [0.3, 0.4) is 0 Å². The van der Waals surface area contributed by atoms with Gasteiger partial charge >= 0.3 is 0 Å². The maximum absolute atomic E-state index is 12.7. The Morgan fingerprint density at radius 2 is 2.15 bits per heavy atom. The molecule has 108 valence electrons. The Morgan fingerprint density at radius 1 is 1.35 bits per heavy atom. The number of rotatable bonds is 1. The molecule has 0 radical (unpaired) electrons. The molecule has 1 N–H and O–H groups in total. The van der Waals surface area contributed by atoms with Gasteiger partial charge in [0.15, 0.2) is 0 Å². The summed E-state index contributed by atoms with van der Waals surface area (Å²) in [6, 6.07) is 8.27. The molecule has 0 saturated carbocycles. The summed E-state index contributed by atoms with van der Waals surface area (Å²) >= 11 is 0. The zero-order valence-electron chi connectivity index (χ0n) is 12.0. The van der Waals surface area contributed by atoms with Crippen molar-refractivity contribution in [1.82, 2.24) is 10.2 Å². The molecule has 2 aliphatic heterocycles. The van der Waals surface area contributed by atoms with Gasteiger partial charge in [0.05, 0.1) is 12.1 Å². The third-order valence-electron chi connectivity index (χ3n) is 4.14. The van der Waals surface area contributed by atoms with Gasteiger partial charge in [-0.1, -0.05) is 24.3 Å². The fourth-order valence-corrected chi connectivity index (χ4v) is 3.04. The molecular weight excluding hydrogens is 252 g/mol. The first kappa shape index (κ1) is 13.6. The number of fused-ring (bicyclic) bond motifs is 1. The second kappa shape index (κ2) is 5.94. The van der Waals surface area contributed by atoms with Crippen LogP contribution in [0.5, 0.6) is 0 Å². The number of benzene rings is 1. The molecule has 0 aliphatic carbocycles. The molecule has 1 aromatic rings. The van der Waals surface area contributed by atoms with Crippen molar-refractivity contribution in [3.63, 3.8) is 0 Å². The molecule has 0 bridgehead atoms. The summed E-state index contributed by atoms with van der Waals surface area (Å²) in [6.07, 6.45) is 1.86. The van der Waals surface area contributed by atoms with Gasteiger partial charge in [-0.3, -0.25) is 4.79 Å². The Kier molecular flexibility index (Phi) is 4.03. The van der Waals surface area contributed by atoms with E-state index in [-0.39, 0.29) is 18.1 Å². The van der Waals surface area contributed by atoms with E-state index in [9.17, 15) is 4.79 Å². The van der Waals surface area contributed by atoms with Crippen molar-refractivity contribution in [3.05, 3.63) is 35.4 Å². The summed E-state index contributed by atoms with van der Waals surface area (Å²) in [5, 5.41) is 3.38. The highest BCUT2D eigenvalue weighted by atomic mass is 16.5. The van der Waals surface area contributed by atoms with E-state index in [1.807, 2.05) is 17.9 Å². The monoisotopic (exact) mass is 274 g/mol. The molecule has 1 saturated heterocycles. The Balaban J connectivity index is 1.69. The van der Waals surface area contributed by atoms with Crippen molar-refractivity contribution in [2.24, 2.45) is 0 Å². The van der Waals surface area contributed by atoms with E-state index in [0.717, 1.165) is 32.5 Å². The van der Waals surface area contributed by atoms with Gasteiger partial charge in [-0.2, -0.15) is 0 Å². The van der Waals surface area contributed by atoms with Gasteiger partial charge in [0.1, 0.15) is 0 Å². The van der Waals surface area contributed by atoms with Gasteiger partial charge in [0.25, 0.3) is 0 Å². The van der Waals surface area contributed by atoms with Gasteiger partial charge in [-0.15, -0.1) is 0 Å². The summed E-state index contributed by atoms with van der Waals surface area (Å²) in [5.41, 5.74) is 2.60. The van der Waals surface area contributed by atoms with Crippen LogP contribution in [0, 0.1) is 0 Å². The molecule has 2 aliphatic rings. The van der Waals surface area contributed by atoms with E-state index in [1.54, 1.807) is 0 Å². The highest BCUT2D eigenvalue weighted by Gasteiger charge is 2.29. The topological polar surface area (TPSA) is 41.6 Å². The van der Waals surface area contributed by atoms with Crippen molar-refractivity contribution in [2.45, 2.75) is 38.5 Å². The highest BCUT2D eigenvalue weighted by Crippen LogP contribution is 2.18. The van der Waals surface area contributed by atoms with E-state index >= 15 is 0 Å². The van der Waals surface area contributed by atoms with Gasteiger partial charge in [0, 0.05) is 26.2 Å². The van der Waals surface area contributed by atoms with Crippen LogP contribution in [0.15, 0.2) is 24.3 Å². The first-order chi connectivity index (χ1) is 9.74. The van der Waals surface area contributed by atoms with Crippen molar-refractivity contribution in [1.29, 1.82) is 0 Å². The smallest absolute Gasteiger partial charge is 0.240 e. The molecule has 1 amide bonds. The lowest BCUT2D eigenvalue weighted by molar-refractivity contribution is -0.134. The molecule has 4 nitrogen and oxygen atoms in total. The number of hydrogen-bond acceptors (Lipinski definition) is 3. The maximum Gasteiger partial charge on any atom is 0.240 e. The average molecular weight is 274 g/mol. The summed E-state index contributed by atoms with van der Waals surface area (Å²) < 4.78 is 5.61. The number of amides is 1. The minimum atomic E-state index is -0.0878. The second-order valence-corrected chi connectivity index (χ2v) is 5.73. The zero-order chi connectivity index (χ0) is 13.9. The zero-order valence-corrected chi connectivity index (χ0v) is 12.0. The van der Waals surface area contributed by atoms with Crippen molar-refractivity contribution >= 4 is 5.91 Å². The SMILES string of the molecule is CC1CN(C(=O)C2Cc3ccccc3CN2)CCCO1. The molecule has 1 fully saturated rings. The minimum absolute atomic E-state index is 0.0878. The van der Waals surface area contributed by atoms with Crippen LogP contribution in [0.4, 0.5) is 0 Å². The van der Waals surface area contributed by atoms with Crippen LogP contribution in [-0.2, 0) is 22.5 Å². The Bertz CT molecular complexity index is 489. The number of hydrogen-bond donors (Lipinski definition) is 1. The molecule has 4 heteroatoms. The van der Waals surface area contributed by atoms with Gasteiger partial charge < -0.3 is 15.0 Å². The van der Waals surface area contributed by atoms with Gasteiger partial charge in [-0.25, -0.2) is 0 Å². The molecule has 3 rings (SSSR count). The molecule has 0 aromatic heterocycles. The van der Waals surface area contributed by atoms with E-state index < -0.39 is 0 Å². The van der Waals surface area contributed by atoms with E-state index in [0.29, 0.717) is 6.54 Å². The molecule has 2 heterocycles. The number of nitrogens with one attached hydrogen (secondary N) is 1. The number of ether oxygens (including phenoxy) is 1. The van der Waals surface area contributed by atoms with Crippen LogP contribution in [0.2, 0.25) is 0 Å². The minimum Gasteiger partial charge on any atom is -0.377 e. The third-order valence-corrected chi connectivity index (χ3v) is 4.14. The van der Waals surface area contributed by atoms with Crippen molar-refractivity contribution in [2.75, 3.05) is 19.7 Å².